The van der Waals surface area contributed by atoms with Gasteiger partial charge in [-0.3, -0.25) is 9.69 Å². The van der Waals surface area contributed by atoms with Crippen LogP contribution in [-0.4, -0.2) is 37.5 Å². The van der Waals surface area contributed by atoms with Crippen molar-refractivity contribution in [1.82, 2.24) is 4.90 Å². The molecule has 0 aliphatic rings. The van der Waals surface area contributed by atoms with E-state index in [9.17, 15) is 9.18 Å². The van der Waals surface area contributed by atoms with Crippen LogP contribution in [0.4, 0.5) is 10.1 Å². The second kappa shape index (κ2) is 7.08. The Morgan fingerprint density at radius 1 is 1.50 bits per heavy atom. The van der Waals surface area contributed by atoms with Crippen LogP contribution in [0.15, 0.2) is 18.2 Å². The second-order valence-electron chi connectivity index (χ2n) is 4.39. The predicted molar refractivity (Wildman–Crippen MR) is 70.9 cm³/mol. The van der Waals surface area contributed by atoms with Crippen LogP contribution >= 0.6 is 0 Å². The van der Waals surface area contributed by atoms with Gasteiger partial charge in [0.1, 0.15) is 5.82 Å². The van der Waals surface area contributed by atoms with Crippen molar-refractivity contribution in [3.05, 3.63) is 29.6 Å². The number of benzene rings is 1. The summed E-state index contributed by atoms with van der Waals surface area (Å²) in [6.07, 6.45) is 0.850. The van der Waals surface area contributed by atoms with E-state index in [1.165, 1.54) is 12.1 Å². The van der Waals surface area contributed by atoms with Crippen LogP contribution in [0.3, 0.4) is 0 Å². The van der Waals surface area contributed by atoms with Crippen molar-refractivity contribution in [2.24, 2.45) is 5.73 Å². The highest BCUT2D eigenvalue weighted by atomic mass is 19.1. The van der Waals surface area contributed by atoms with Crippen LogP contribution in [0, 0.1) is 12.7 Å². The van der Waals surface area contributed by atoms with Gasteiger partial charge in [0.25, 0.3) is 0 Å². The van der Waals surface area contributed by atoms with E-state index in [1.807, 2.05) is 18.9 Å². The van der Waals surface area contributed by atoms with Gasteiger partial charge in [0.15, 0.2) is 0 Å². The molecule has 3 N–H and O–H groups in total. The van der Waals surface area contributed by atoms with Gasteiger partial charge in [0, 0.05) is 5.69 Å². The monoisotopic (exact) mass is 253 g/mol. The van der Waals surface area contributed by atoms with Crippen LogP contribution < -0.4 is 11.1 Å². The highest BCUT2D eigenvalue weighted by molar-refractivity contribution is 5.92. The highest BCUT2D eigenvalue weighted by Crippen LogP contribution is 2.15. The molecule has 4 nitrogen and oxygen atoms in total. The number of carbonyl (C=O) groups is 1. The van der Waals surface area contributed by atoms with Gasteiger partial charge in [-0.15, -0.1) is 0 Å². The van der Waals surface area contributed by atoms with E-state index in [0.717, 1.165) is 18.5 Å². The maximum absolute atomic E-state index is 13.1. The fourth-order valence-electron chi connectivity index (χ4n) is 1.60. The van der Waals surface area contributed by atoms with Gasteiger partial charge in [0.2, 0.25) is 5.91 Å². The molecule has 0 aromatic heterocycles. The molecule has 0 spiro atoms. The minimum Gasteiger partial charge on any atom is -0.330 e. The Hall–Kier alpha value is -1.46. The number of anilines is 1. The number of nitrogens with two attached hydrogens (primary N) is 1. The van der Waals surface area contributed by atoms with Crippen molar-refractivity contribution in [2.75, 3.05) is 32.0 Å². The normalized spacial score (nSPS) is 10.7. The molecule has 1 rings (SSSR count). The number of hydrogen-bond donors (Lipinski definition) is 2. The minimum atomic E-state index is -0.354. The third kappa shape index (κ3) is 4.81. The molecule has 0 saturated carbocycles. The van der Waals surface area contributed by atoms with Gasteiger partial charge >= 0.3 is 0 Å². The van der Waals surface area contributed by atoms with Crippen LogP contribution in [-0.2, 0) is 4.79 Å². The number of aryl methyl sites for hydroxylation is 1. The fraction of sp³-hybridized carbons (Fsp3) is 0.462. The molecule has 0 radical (unpaired) electrons. The molecule has 1 amide bonds. The summed E-state index contributed by atoms with van der Waals surface area (Å²) in [7, 11) is 1.85. The first kappa shape index (κ1) is 14.6. The van der Waals surface area contributed by atoms with E-state index in [2.05, 4.69) is 5.32 Å². The number of nitrogens with zero attached hydrogens (tertiary/aromatic N) is 1. The van der Waals surface area contributed by atoms with Crippen molar-refractivity contribution in [2.45, 2.75) is 13.3 Å². The number of nitrogens with one attached hydrogen (secondary N) is 1. The molecule has 1 aromatic carbocycles. The fourth-order valence-corrected chi connectivity index (χ4v) is 1.60. The molecule has 5 heteroatoms. The third-order valence-electron chi connectivity index (χ3n) is 2.63. The van der Waals surface area contributed by atoms with Gasteiger partial charge in [-0.2, -0.15) is 0 Å². The standard InChI is InChI=1S/C13H20FN3O/c1-10-4-5-11(14)8-12(10)16-13(18)9-17(2)7-3-6-15/h4-5,8H,3,6-7,9,15H2,1-2H3,(H,16,18). The summed E-state index contributed by atoms with van der Waals surface area (Å²) in [5.41, 5.74) is 6.76. The summed E-state index contributed by atoms with van der Waals surface area (Å²) in [4.78, 5) is 13.6. The molecule has 1 aromatic rings. The smallest absolute Gasteiger partial charge is 0.238 e. The molecule has 0 atom stereocenters. The van der Waals surface area contributed by atoms with Crippen molar-refractivity contribution >= 4 is 11.6 Å². The SMILES string of the molecule is Cc1ccc(F)cc1NC(=O)CN(C)CCCN. The van der Waals surface area contributed by atoms with Gasteiger partial charge in [-0.25, -0.2) is 4.39 Å². The van der Waals surface area contributed by atoms with Gasteiger partial charge in [-0.05, 0) is 51.2 Å². The predicted octanol–water partition coefficient (Wildman–Crippen LogP) is 1.35. The Labute approximate surface area is 107 Å². The molecule has 18 heavy (non-hydrogen) atoms. The van der Waals surface area contributed by atoms with E-state index < -0.39 is 0 Å². The van der Waals surface area contributed by atoms with E-state index in [0.29, 0.717) is 12.2 Å². The molecular weight excluding hydrogens is 233 g/mol. The Kier molecular flexibility index (Phi) is 5.74. The summed E-state index contributed by atoms with van der Waals surface area (Å²) in [6.45, 7) is 3.48. The number of carbonyl (C=O) groups excluding carboxylic acids is 1. The Balaban J connectivity index is 2.51. The average molecular weight is 253 g/mol. The van der Waals surface area contributed by atoms with Crippen LogP contribution in [0.2, 0.25) is 0 Å². The number of amides is 1. The first-order chi connectivity index (χ1) is 8.52. The molecule has 0 heterocycles. The van der Waals surface area contributed by atoms with E-state index in [4.69, 9.17) is 5.73 Å². The summed E-state index contributed by atoms with van der Waals surface area (Å²) >= 11 is 0. The van der Waals surface area contributed by atoms with Crippen LogP contribution in [0.25, 0.3) is 0 Å². The number of likely N-dealkylation sites (N-methyl/N-ethyl adjacent to an activating group) is 1. The van der Waals surface area contributed by atoms with Crippen molar-refractivity contribution < 1.29 is 9.18 Å². The molecular formula is C13H20FN3O. The average Bonchev–Trinajstić information content (AvgIpc) is 2.31. The Morgan fingerprint density at radius 2 is 2.22 bits per heavy atom. The number of hydrogen-bond acceptors (Lipinski definition) is 3. The van der Waals surface area contributed by atoms with E-state index in [-0.39, 0.29) is 18.3 Å². The zero-order valence-corrected chi connectivity index (χ0v) is 10.9. The zero-order chi connectivity index (χ0) is 13.5. The quantitative estimate of drug-likeness (QED) is 0.804. The zero-order valence-electron chi connectivity index (χ0n) is 10.9. The van der Waals surface area contributed by atoms with Crippen molar-refractivity contribution in [3.63, 3.8) is 0 Å². The molecule has 0 saturated heterocycles. The molecule has 0 aliphatic heterocycles. The largest absolute Gasteiger partial charge is 0.330 e. The number of halogens is 1. The molecule has 0 unspecified atom stereocenters. The second-order valence-corrected chi connectivity index (χ2v) is 4.39. The van der Waals surface area contributed by atoms with E-state index >= 15 is 0 Å². The minimum absolute atomic E-state index is 0.150. The van der Waals surface area contributed by atoms with Gasteiger partial charge < -0.3 is 11.1 Å². The van der Waals surface area contributed by atoms with Gasteiger partial charge in [-0.1, -0.05) is 6.07 Å². The molecule has 0 fully saturated rings. The van der Waals surface area contributed by atoms with E-state index in [1.54, 1.807) is 6.07 Å². The lowest BCUT2D eigenvalue weighted by atomic mass is 10.2. The summed E-state index contributed by atoms with van der Waals surface area (Å²) in [5.74, 6) is -0.504. The maximum atomic E-state index is 13.1. The lowest BCUT2D eigenvalue weighted by Gasteiger charge is -2.16. The topological polar surface area (TPSA) is 58.4 Å². The number of rotatable bonds is 6. The molecule has 0 aliphatic carbocycles. The van der Waals surface area contributed by atoms with Crippen molar-refractivity contribution in [1.29, 1.82) is 0 Å². The summed E-state index contributed by atoms with van der Waals surface area (Å²) in [6, 6.07) is 4.34. The van der Waals surface area contributed by atoms with Crippen LogP contribution in [0.5, 0.6) is 0 Å². The van der Waals surface area contributed by atoms with Crippen LogP contribution in [0.1, 0.15) is 12.0 Å². The summed E-state index contributed by atoms with van der Waals surface area (Å²) < 4.78 is 13.1. The maximum Gasteiger partial charge on any atom is 0.238 e. The Morgan fingerprint density at radius 3 is 2.89 bits per heavy atom. The van der Waals surface area contributed by atoms with Gasteiger partial charge in [0.05, 0.1) is 6.54 Å². The highest BCUT2D eigenvalue weighted by Gasteiger charge is 2.08. The first-order valence-electron chi connectivity index (χ1n) is 5.97. The molecule has 100 valence electrons. The Bertz CT molecular complexity index is 409. The lowest BCUT2D eigenvalue weighted by molar-refractivity contribution is -0.117. The first-order valence-corrected chi connectivity index (χ1v) is 5.97. The molecule has 0 bridgehead atoms. The summed E-state index contributed by atoms with van der Waals surface area (Å²) in [5, 5.41) is 2.71. The van der Waals surface area contributed by atoms with Crippen molar-refractivity contribution in [3.8, 4) is 0 Å². The third-order valence-corrected chi connectivity index (χ3v) is 2.63. The lowest BCUT2D eigenvalue weighted by Crippen LogP contribution is -2.31.